The van der Waals surface area contributed by atoms with Crippen LogP contribution < -0.4 is 0 Å². The number of carbonyl (C=O) groups is 3. The monoisotopic (exact) mass is 555 g/mol. The van der Waals surface area contributed by atoms with Gasteiger partial charge in [0.05, 0.1) is 11.7 Å². The molecule has 0 unspecified atom stereocenters. The topological polar surface area (TPSA) is 94.9 Å². The van der Waals surface area contributed by atoms with Crippen LogP contribution in [0.3, 0.4) is 0 Å². The predicted octanol–water partition coefficient (Wildman–Crippen LogP) is 5.15. The predicted molar refractivity (Wildman–Crippen MR) is 158 cm³/mol. The van der Waals surface area contributed by atoms with E-state index < -0.39 is 46.8 Å². The number of ketones is 1. The van der Waals surface area contributed by atoms with Crippen molar-refractivity contribution >= 4 is 17.6 Å². The molecule has 0 aromatic heterocycles. The lowest BCUT2D eigenvalue weighted by molar-refractivity contribution is -0.149. The van der Waals surface area contributed by atoms with Crippen LogP contribution >= 0.6 is 0 Å². The van der Waals surface area contributed by atoms with E-state index in [0.717, 1.165) is 11.1 Å². The summed E-state index contributed by atoms with van der Waals surface area (Å²) >= 11 is 0. The molecular formula is C35H41NO5. The molecule has 216 valence electrons. The van der Waals surface area contributed by atoms with Gasteiger partial charge >= 0.3 is 0 Å². The summed E-state index contributed by atoms with van der Waals surface area (Å²) in [6, 6.07) is 18.1. The zero-order valence-electron chi connectivity index (χ0n) is 24.4. The largest absolute Gasteiger partial charge is 0.390 e. The van der Waals surface area contributed by atoms with Gasteiger partial charge in [-0.1, -0.05) is 86.2 Å². The Morgan fingerprint density at radius 3 is 2.32 bits per heavy atom. The fraction of sp³-hybridized carbons (Fsp3) is 0.457. The molecule has 1 fully saturated rings. The molecule has 1 spiro atoms. The maximum absolute atomic E-state index is 14.9. The minimum atomic E-state index is -1.49. The molecule has 3 aliphatic rings. The second kappa shape index (κ2) is 11.1. The van der Waals surface area contributed by atoms with Gasteiger partial charge in [-0.2, -0.15) is 0 Å². The highest BCUT2D eigenvalue weighted by Gasteiger charge is 2.69. The van der Waals surface area contributed by atoms with Crippen LogP contribution in [0.2, 0.25) is 0 Å². The third-order valence-electron chi connectivity index (χ3n) is 9.94. The van der Waals surface area contributed by atoms with Crippen molar-refractivity contribution in [2.75, 3.05) is 0 Å². The number of aliphatic hydroxyl groups excluding tert-OH is 1. The molecule has 2 amide bonds. The number of hydrogen-bond acceptors (Lipinski definition) is 5. The van der Waals surface area contributed by atoms with Crippen LogP contribution in [-0.2, 0) is 16.0 Å². The van der Waals surface area contributed by atoms with Crippen molar-refractivity contribution in [3.63, 3.8) is 0 Å². The molecule has 2 aromatic rings. The highest BCUT2D eigenvalue weighted by molar-refractivity contribution is 6.17. The van der Waals surface area contributed by atoms with Crippen molar-refractivity contribution in [3.8, 4) is 0 Å². The standard InChI is InChI=1S/C35H41NO5/c1-22-12-11-17-27-20-23(2)24(3)30-28(21-25-13-7-5-8-14-25)36(32(39)26-15-9-6-10-16-26)33(40)35(27,30)29(37)18-19-34(4,41)31(22)38/h5-11,13-17,20,22,24,27-28,30-31,38,41H,12,18-19,21H2,1-4H3/b17-11+/t22-,24+,27-,28-,30-,31+,34+,35+/m0/s1. The zero-order chi connectivity index (χ0) is 29.5. The van der Waals surface area contributed by atoms with Gasteiger partial charge in [0.15, 0.2) is 0 Å². The zero-order valence-corrected chi connectivity index (χ0v) is 24.4. The minimum absolute atomic E-state index is 0.0267. The normalized spacial score (nSPS) is 36.5. The van der Waals surface area contributed by atoms with E-state index in [1.165, 1.54) is 4.90 Å². The van der Waals surface area contributed by atoms with Crippen LogP contribution in [0.5, 0.6) is 0 Å². The molecule has 41 heavy (non-hydrogen) atoms. The summed E-state index contributed by atoms with van der Waals surface area (Å²) in [5.74, 6) is -2.50. The van der Waals surface area contributed by atoms with Crippen molar-refractivity contribution < 1.29 is 24.6 Å². The van der Waals surface area contributed by atoms with Gasteiger partial charge in [0.2, 0.25) is 5.91 Å². The summed E-state index contributed by atoms with van der Waals surface area (Å²) in [7, 11) is 0. The van der Waals surface area contributed by atoms with Crippen molar-refractivity contribution in [3.05, 3.63) is 95.6 Å². The van der Waals surface area contributed by atoms with E-state index in [9.17, 15) is 24.6 Å². The lowest BCUT2D eigenvalue weighted by atomic mass is 9.54. The SMILES string of the molecule is CC1=C[C@@H]2/C=C/C[C@H](C)[C@@H](O)[C@](C)(O)CCC(=O)[C@]23C(=O)N(C(=O)c2ccccc2)[C@@H](Cc2ccccc2)[C@@H]3[C@@H]1C. The smallest absolute Gasteiger partial charge is 0.260 e. The van der Waals surface area contributed by atoms with E-state index in [4.69, 9.17) is 0 Å². The van der Waals surface area contributed by atoms with Crippen LogP contribution in [-0.4, -0.2) is 50.5 Å². The van der Waals surface area contributed by atoms with Gasteiger partial charge in [-0.25, -0.2) is 0 Å². The summed E-state index contributed by atoms with van der Waals surface area (Å²) in [5.41, 5.74) is -0.506. The van der Waals surface area contributed by atoms with Gasteiger partial charge < -0.3 is 10.2 Å². The summed E-state index contributed by atoms with van der Waals surface area (Å²) in [4.78, 5) is 45.1. The Bertz CT molecular complexity index is 1360. The van der Waals surface area contributed by atoms with E-state index in [0.29, 0.717) is 18.4 Å². The number of Topliss-reactive ketones (excluding diaryl/α,β-unsaturated/α-hetero) is 1. The Morgan fingerprint density at radius 2 is 1.66 bits per heavy atom. The minimum Gasteiger partial charge on any atom is -0.390 e. The lowest BCUT2D eigenvalue weighted by Crippen LogP contribution is -2.53. The Morgan fingerprint density at radius 1 is 1.02 bits per heavy atom. The third-order valence-corrected chi connectivity index (χ3v) is 9.94. The summed E-state index contributed by atoms with van der Waals surface area (Å²) < 4.78 is 0. The first-order valence-electron chi connectivity index (χ1n) is 14.8. The summed E-state index contributed by atoms with van der Waals surface area (Å²) in [5, 5.41) is 22.1. The number of imide groups is 1. The Balaban J connectivity index is 1.71. The average Bonchev–Trinajstić information content (AvgIpc) is 3.22. The Hall–Kier alpha value is -3.35. The molecule has 8 atom stereocenters. The van der Waals surface area contributed by atoms with E-state index in [1.807, 2.05) is 68.5 Å². The first-order valence-corrected chi connectivity index (χ1v) is 14.8. The Labute approximate surface area is 242 Å². The van der Waals surface area contributed by atoms with Gasteiger partial charge in [0.25, 0.3) is 5.91 Å². The molecule has 0 saturated carbocycles. The van der Waals surface area contributed by atoms with Crippen molar-refractivity contribution in [1.82, 2.24) is 4.90 Å². The fourth-order valence-corrected chi connectivity index (χ4v) is 7.54. The molecule has 0 bridgehead atoms. The van der Waals surface area contributed by atoms with E-state index in [1.54, 1.807) is 31.2 Å². The fourth-order valence-electron chi connectivity index (χ4n) is 7.54. The van der Waals surface area contributed by atoms with Crippen LogP contribution in [0.15, 0.2) is 84.5 Å². The molecule has 1 heterocycles. The highest BCUT2D eigenvalue weighted by Crippen LogP contribution is 2.58. The number of hydrogen-bond donors (Lipinski definition) is 2. The molecule has 5 rings (SSSR count). The van der Waals surface area contributed by atoms with Gasteiger partial charge in [-0.3, -0.25) is 19.3 Å². The molecular weight excluding hydrogens is 514 g/mol. The van der Waals surface area contributed by atoms with E-state index >= 15 is 0 Å². The number of allylic oxidation sites excluding steroid dienone is 4. The maximum Gasteiger partial charge on any atom is 0.260 e. The highest BCUT2D eigenvalue weighted by atomic mass is 16.3. The number of aliphatic hydroxyl groups is 2. The number of likely N-dealkylation sites (tertiary alicyclic amines) is 1. The van der Waals surface area contributed by atoms with Crippen molar-refractivity contribution in [1.29, 1.82) is 0 Å². The van der Waals surface area contributed by atoms with Gasteiger partial charge in [-0.15, -0.1) is 0 Å². The van der Waals surface area contributed by atoms with Crippen molar-refractivity contribution in [2.45, 2.75) is 71.1 Å². The van der Waals surface area contributed by atoms with Crippen LogP contribution in [0.4, 0.5) is 0 Å². The number of nitrogens with zero attached hydrogens (tertiary/aromatic N) is 1. The molecule has 1 saturated heterocycles. The van der Waals surface area contributed by atoms with Gasteiger partial charge in [0.1, 0.15) is 11.2 Å². The third kappa shape index (κ3) is 4.91. The number of amides is 2. The molecule has 0 radical (unpaired) electrons. The molecule has 1 aliphatic heterocycles. The molecule has 2 N–H and O–H groups in total. The average molecular weight is 556 g/mol. The second-order valence-corrected chi connectivity index (χ2v) is 12.6. The van der Waals surface area contributed by atoms with Crippen LogP contribution in [0.1, 0.15) is 62.9 Å². The lowest BCUT2D eigenvalue weighted by Gasteiger charge is -2.45. The van der Waals surface area contributed by atoms with Gasteiger partial charge in [-0.05, 0) is 62.6 Å². The first kappa shape index (κ1) is 29.2. The summed E-state index contributed by atoms with van der Waals surface area (Å²) in [6.45, 7) is 7.53. The quantitative estimate of drug-likeness (QED) is 0.310. The molecule has 2 aromatic carbocycles. The Kier molecular flexibility index (Phi) is 7.92. The first-order chi connectivity index (χ1) is 19.5. The number of benzene rings is 2. The van der Waals surface area contributed by atoms with E-state index in [-0.39, 0.29) is 30.5 Å². The second-order valence-electron chi connectivity index (χ2n) is 12.6. The van der Waals surface area contributed by atoms with Crippen LogP contribution in [0.25, 0.3) is 0 Å². The number of carbonyl (C=O) groups excluding carboxylic acids is 3. The number of rotatable bonds is 3. The van der Waals surface area contributed by atoms with Crippen molar-refractivity contribution in [2.24, 2.45) is 29.1 Å². The van der Waals surface area contributed by atoms with Crippen LogP contribution in [0, 0.1) is 29.1 Å². The van der Waals surface area contributed by atoms with E-state index in [2.05, 4.69) is 6.92 Å². The molecule has 6 nitrogen and oxygen atoms in total. The van der Waals surface area contributed by atoms with Gasteiger partial charge in [0, 0.05) is 29.9 Å². The molecule has 6 heteroatoms. The molecule has 2 aliphatic carbocycles. The maximum atomic E-state index is 14.9. The summed E-state index contributed by atoms with van der Waals surface area (Å²) in [6.07, 6.45) is 5.73.